The van der Waals surface area contributed by atoms with Crippen molar-refractivity contribution in [3.63, 3.8) is 0 Å². The third kappa shape index (κ3) is 3.61. The first-order chi connectivity index (χ1) is 15.1. The fourth-order valence-corrected chi connectivity index (χ4v) is 5.01. The molecule has 3 heterocycles. The number of hydrogen-bond donors (Lipinski definition) is 0. The Balaban J connectivity index is 1.34. The molecule has 2 aromatic carbocycles. The van der Waals surface area contributed by atoms with E-state index in [4.69, 9.17) is 4.74 Å². The number of carbonyl (C=O) groups is 2. The maximum absolute atomic E-state index is 12.8. The third-order valence-corrected chi connectivity index (χ3v) is 6.71. The van der Waals surface area contributed by atoms with Gasteiger partial charge in [0.25, 0.3) is 5.91 Å². The van der Waals surface area contributed by atoms with Gasteiger partial charge < -0.3 is 14.2 Å². The van der Waals surface area contributed by atoms with E-state index in [1.165, 1.54) is 10.4 Å². The van der Waals surface area contributed by atoms with E-state index in [0.29, 0.717) is 34.9 Å². The maximum Gasteiger partial charge on any atom is 0.326 e. The highest BCUT2D eigenvalue weighted by atomic mass is 32.1. The molecule has 1 aliphatic heterocycles. The van der Waals surface area contributed by atoms with Crippen LogP contribution in [0.3, 0.4) is 0 Å². The van der Waals surface area contributed by atoms with Crippen molar-refractivity contribution in [2.24, 2.45) is 0 Å². The van der Waals surface area contributed by atoms with Gasteiger partial charge in [0, 0.05) is 28.7 Å². The fourth-order valence-electron chi connectivity index (χ4n) is 4.12. The molecule has 0 unspecified atom stereocenters. The molecule has 0 bridgehead atoms. The largest absolute Gasteiger partial charge is 0.454 e. The van der Waals surface area contributed by atoms with E-state index in [0.717, 1.165) is 6.42 Å². The van der Waals surface area contributed by atoms with Gasteiger partial charge in [0.15, 0.2) is 12.0 Å². The Hall–Kier alpha value is -3.45. The Bertz CT molecular complexity index is 1310. The maximum atomic E-state index is 12.8. The molecule has 4 aromatic rings. The van der Waals surface area contributed by atoms with Gasteiger partial charge in [-0.25, -0.2) is 0 Å². The van der Waals surface area contributed by atoms with Crippen LogP contribution in [0.15, 0.2) is 64.8 Å². The van der Waals surface area contributed by atoms with E-state index in [1.54, 1.807) is 45.1 Å². The van der Waals surface area contributed by atoms with Crippen LogP contribution < -0.4 is 5.43 Å². The minimum absolute atomic E-state index is 0.0658. The zero-order chi connectivity index (χ0) is 21.4. The molecule has 0 radical (unpaired) electrons. The van der Waals surface area contributed by atoms with Crippen LogP contribution >= 0.6 is 11.3 Å². The Morgan fingerprint density at radius 1 is 0.968 bits per heavy atom. The molecule has 31 heavy (non-hydrogen) atoms. The number of hydrogen-bond acceptors (Lipinski definition) is 5. The van der Waals surface area contributed by atoms with Gasteiger partial charge in [-0.05, 0) is 47.7 Å². The quantitative estimate of drug-likeness (QED) is 0.366. The average Bonchev–Trinajstić information content (AvgIpc) is 3.28. The molecule has 0 N–H and O–H groups in total. The molecule has 0 saturated heterocycles. The monoisotopic (exact) mass is 432 g/mol. The first-order valence-electron chi connectivity index (χ1n) is 10.1. The summed E-state index contributed by atoms with van der Waals surface area (Å²) < 4.78 is 7.11. The second-order valence-corrected chi connectivity index (χ2v) is 8.55. The van der Waals surface area contributed by atoms with E-state index in [9.17, 15) is 14.4 Å². The van der Waals surface area contributed by atoms with Gasteiger partial charge in [-0.15, -0.1) is 11.3 Å². The van der Waals surface area contributed by atoms with Gasteiger partial charge in [-0.3, -0.25) is 14.4 Å². The summed E-state index contributed by atoms with van der Waals surface area (Å²) in [5.41, 5.74) is 2.43. The van der Waals surface area contributed by atoms with Gasteiger partial charge in [0.05, 0.1) is 11.0 Å². The summed E-state index contributed by atoms with van der Waals surface area (Å²) in [5.74, 6) is -0.708. The topological polar surface area (TPSA) is 68.6 Å². The predicted octanol–water partition coefficient (Wildman–Crippen LogP) is 3.34. The number of nitrogens with zero attached hydrogens (tertiary/aromatic N) is 2. The first kappa shape index (κ1) is 19.5. The zero-order valence-corrected chi connectivity index (χ0v) is 17.6. The van der Waals surface area contributed by atoms with Crippen molar-refractivity contribution in [2.75, 3.05) is 13.2 Å². The molecule has 0 saturated carbocycles. The molecule has 2 aromatic heterocycles. The van der Waals surface area contributed by atoms with Crippen LogP contribution in [-0.2, 0) is 33.8 Å². The van der Waals surface area contributed by atoms with Gasteiger partial charge in [-0.1, -0.05) is 24.3 Å². The van der Waals surface area contributed by atoms with Crippen LogP contribution in [0.5, 0.6) is 0 Å². The summed E-state index contributed by atoms with van der Waals surface area (Å²) >= 11 is 1.71. The third-order valence-electron chi connectivity index (χ3n) is 5.68. The van der Waals surface area contributed by atoms with Crippen LogP contribution in [-0.4, -0.2) is 34.5 Å². The highest BCUT2D eigenvalue weighted by molar-refractivity contribution is 7.10. The lowest BCUT2D eigenvalue weighted by Gasteiger charge is -2.26. The van der Waals surface area contributed by atoms with E-state index < -0.39 is 5.97 Å². The fraction of sp³-hybridized carbons (Fsp3) is 0.208. The van der Waals surface area contributed by atoms with Gasteiger partial charge in [0.2, 0.25) is 0 Å². The second kappa shape index (κ2) is 8.00. The normalized spacial score (nSPS) is 13.4. The van der Waals surface area contributed by atoms with Crippen molar-refractivity contribution in [1.29, 1.82) is 0 Å². The van der Waals surface area contributed by atoms with Crippen LogP contribution in [0, 0.1) is 0 Å². The number of para-hydroxylation sites is 2. The number of ether oxygens (including phenoxy) is 1. The van der Waals surface area contributed by atoms with Crippen molar-refractivity contribution >= 4 is 45.0 Å². The molecule has 0 spiro atoms. The summed E-state index contributed by atoms with van der Waals surface area (Å²) in [6.45, 7) is 0.834. The molecular formula is C24H20N2O4S. The van der Waals surface area contributed by atoms with E-state index in [-0.39, 0.29) is 24.5 Å². The average molecular weight is 433 g/mol. The molecule has 1 amide bonds. The first-order valence-corrected chi connectivity index (χ1v) is 11.0. The standard InChI is InChI=1S/C24H20N2O4S/c27-22(25-11-9-21-16(13-25)10-12-31-21)15-30-23(28)14-26-19-7-3-1-5-17(19)24(29)18-6-2-4-8-20(18)26/h1-8,10,12H,9,11,13-15H2. The van der Waals surface area contributed by atoms with Crippen LogP contribution in [0.25, 0.3) is 21.8 Å². The molecule has 7 heteroatoms. The Morgan fingerprint density at radius 3 is 2.35 bits per heavy atom. The van der Waals surface area contributed by atoms with Gasteiger partial charge >= 0.3 is 5.97 Å². The smallest absolute Gasteiger partial charge is 0.326 e. The second-order valence-electron chi connectivity index (χ2n) is 7.54. The number of carbonyl (C=O) groups excluding carboxylic acids is 2. The number of amides is 1. The summed E-state index contributed by atoms with van der Waals surface area (Å²) in [5, 5.41) is 3.13. The summed E-state index contributed by atoms with van der Waals surface area (Å²) in [6, 6.07) is 16.4. The molecule has 0 fully saturated rings. The molecule has 156 valence electrons. The van der Waals surface area contributed by atoms with Crippen molar-refractivity contribution < 1.29 is 14.3 Å². The number of rotatable bonds is 4. The van der Waals surface area contributed by atoms with E-state index in [1.807, 2.05) is 35.7 Å². The SMILES string of the molecule is O=C(Cn1c2ccccc2c(=O)c2ccccc21)OCC(=O)N1CCc2sccc2C1. The lowest BCUT2D eigenvalue weighted by atomic mass is 10.1. The van der Waals surface area contributed by atoms with Gasteiger partial charge in [-0.2, -0.15) is 0 Å². The van der Waals surface area contributed by atoms with Crippen LogP contribution in [0.4, 0.5) is 0 Å². The number of esters is 1. The summed E-state index contributed by atoms with van der Waals surface area (Å²) in [7, 11) is 0. The Kier molecular flexibility index (Phi) is 5.03. The molecule has 1 aliphatic rings. The lowest BCUT2D eigenvalue weighted by molar-refractivity contribution is -0.152. The molecular weight excluding hydrogens is 412 g/mol. The van der Waals surface area contributed by atoms with E-state index in [2.05, 4.69) is 0 Å². The molecule has 5 rings (SSSR count). The minimum Gasteiger partial charge on any atom is -0.454 e. The number of thiophene rings is 1. The molecule has 6 nitrogen and oxygen atoms in total. The van der Waals surface area contributed by atoms with Gasteiger partial charge in [0.1, 0.15) is 6.54 Å². The highest BCUT2D eigenvalue weighted by Crippen LogP contribution is 2.24. The minimum atomic E-state index is -0.513. The molecule has 0 atom stereocenters. The Morgan fingerprint density at radius 2 is 1.65 bits per heavy atom. The van der Waals surface area contributed by atoms with Crippen molar-refractivity contribution in [1.82, 2.24) is 9.47 Å². The number of benzene rings is 2. The summed E-state index contributed by atoms with van der Waals surface area (Å²) in [4.78, 5) is 41.1. The van der Waals surface area contributed by atoms with Crippen LogP contribution in [0.2, 0.25) is 0 Å². The van der Waals surface area contributed by atoms with Crippen molar-refractivity contribution in [3.8, 4) is 0 Å². The lowest BCUT2D eigenvalue weighted by Crippen LogP contribution is -2.38. The van der Waals surface area contributed by atoms with E-state index >= 15 is 0 Å². The van der Waals surface area contributed by atoms with Crippen LogP contribution in [0.1, 0.15) is 10.4 Å². The zero-order valence-electron chi connectivity index (χ0n) is 16.7. The Labute approximate surface area is 182 Å². The predicted molar refractivity (Wildman–Crippen MR) is 120 cm³/mol. The number of aromatic nitrogens is 1. The number of pyridine rings is 1. The molecule has 0 aliphatic carbocycles. The summed E-state index contributed by atoms with van der Waals surface area (Å²) in [6.07, 6.45) is 0.835. The number of fused-ring (bicyclic) bond motifs is 3. The van der Waals surface area contributed by atoms with Crippen molar-refractivity contribution in [2.45, 2.75) is 19.5 Å². The van der Waals surface area contributed by atoms with Crippen molar-refractivity contribution in [3.05, 3.63) is 80.6 Å². The highest BCUT2D eigenvalue weighted by Gasteiger charge is 2.22.